The third kappa shape index (κ3) is 6.55. The summed E-state index contributed by atoms with van der Waals surface area (Å²) in [5.74, 6) is 4.50. The lowest BCUT2D eigenvalue weighted by Crippen LogP contribution is -2.41. The molecule has 0 rings (SSSR count). The molecular weight excluding hydrogens is 194 g/mol. The van der Waals surface area contributed by atoms with Gasteiger partial charge < -0.3 is 10.1 Å². The fourth-order valence-corrected chi connectivity index (χ4v) is 0.781. The van der Waals surface area contributed by atoms with E-state index in [-0.39, 0.29) is 5.78 Å². The summed E-state index contributed by atoms with van der Waals surface area (Å²) in [6, 6.07) is -0.646. The number of ketones is 1. The fraction of sp³-hybridized carbons (Fsp3) is 0.636. The van der Waals surface area contributed by atoms with E-state index < -0.39 is 17.7 Å². The van der Waals surface area contributed by atoms with Gasteiger partial charge in [0.25, 0.3) is 0 Å². The number of amides is 1. The van der Waals surface area contributed by atoms with Crippen LogP contribution in [0.5, 0.6) is 0 Å². The molecule has 0 fully saturated rings. The van der Waals surface area contributed by atoms with Crippen LogP contribution in [0.25, 0.3) is 0 Å². The molecule has 0 heterocycles. The van der Waals surface area contributed by atoms with Gasteiger partial charge in [0.05, 0.1) is 0 Å². The zero-order valence-corrected chi connectivity index (χ0v) is 9.80. The summed E-state index contributed by atoms with van der Waals surface area (Å²) in [5, 5.41) is 2.41. The van der Waals surface area contributed by atoms with Crippen LogP contribution in [0.1, 0.15) is 34.6 Å². The molecule has 0 aliphatic heterocycles. The quantitative estimate of drug-likeness (QED) is 0.556. The Morgan fingerprint density at radius 2 is 1.87 bits per heavy atom. The fourth-order valence-electron chi connectivity index (χ4n) is 0.781. The smallest absolute Gasteiger partial charge is 0.408 e. The van der Waals surface area contributed by atoms with Crippen LogP contribution in [0.2, 0.25) is 0 Å². The summed E-state index contributed by atoms with van der Waals surface area (Å²) in [6.07, 6.45) is -0.610. The predicted octanol–water partition coefficient (Wildman–Crippen LogP) is 1.49. The van der Waals surface area contributed by atoms with E-state index in [4.69, 9.17) is 4.74 Å². The van der Waals surface area contributed by atoms with Crippen LogP contribution in [0, 0.1) is 11.8 Å². The minimum absolute atomic E-state index is 0.330. The van der Waals surface area contributed by atoms with Gasteiger partial charge in [-0.15, -0.1) is 0 Å². The largest absolute Gasteiger partial charge is 0.444 e. The van der Waals surface area contributed by atoms with E-state index in [1.54, 1.807) is 34.6 Å². The van der Waals surface area contributed by atoms with Gasteiger partial charge in [-0.2, -0.15) is 0 Å². The topological polar surface area (TPSA) is 55.4 Å². The van der Waals surface area contributed by atoms with Gasteiger partial charge in [0.1, 0.15) is 11.6 Å². The highest BCUT2D eigenvalue weighted by Crippen LogP contribution is 2.06. The Kier molecular flexibility index (Phi) is 4.86. The highest BCUT2D eigenvalue weighted by molar-refractivity contribution is 6.00. The zero-order valence-electron chi connectivity index (χ0n) is 9.80. The summed E-state index contributed by atoms with van der Waals surface area (Å²) in [4.78, 5) is 22.4. The third-order valence-corrected chi connectivity index (χ3v) is 1.37. The van der Waals surface area contributed by atoms with E-state index in [0.717, 1.165) is 0 Å². The monoisotopic (exact) mass is 211 g/mol. The van der Waals surface area contributed by atoms with E-state index in [9.17, 15) is 9.59 Å². The molecule has 0 spiro atoms. The van der Waals surface area contributed by atoms with Crippen LogP contribution >= 0.6 is 0 Å². The van der Waals surface area contributed by atoms with E-state index in [2.05, 4.69) is 17.2 Å². The Balaban J connectivity index is 4.17. The number of carbonyl (C=O) groups excluding carboxylic acids is 2. The number of hydrogen-bond donors (Lipinski definition) is 1. The molecule has 1 amide bonds. The molecule has 0 saturated heterocycles. The molecule has 0 aromatic rings. The Morgan fingerprint density at radius 3 is 2.27 bits per heavy atom. The second-order valence-corrected chi connectivity index (χ2v) is 4.11. The Hall–Kier alpha value is -1.50. The van der Waals surface area contributed by atoms with Crippen LogP contribution in [0.15, 0.2) is 0 Å². The maximum absolute atomic E-state index is 11.2. The zero-order chi connectivity index (χ0) is 12.1. The molecule has 0 bridgehead atoms. The number of hydrogen-bond acceptors (Lipinski definition) is 3. The Bertz CT molecular complexity index is 304. The first-order valence-corrected chi connectivity index (χ1v) is 4.72. The Morgan fingerprint density at radius 1 is 1.33 bits per heavy atom. The molecule has 0 saturated carbocycles. The maximum Gasteiger partial charge on any atom is 0.408 e. The second kappa shape index (κ2) is 5.40. The average molecular weight is 211 g/mol. The van der Waals surface area contributed by atoms with E-state index in [0.29, 0.717) is 0 Å². The first-order valence-electron chi connectivity index (χ1n) is 4.72. The lowest BCUT2D eigenvalue weighted by atomic mass is 10.2. The normalized spacial score (nSPS) is 12.1. The minimum atomic E-state index is -0.646. The van der Waals surface area contributed by atoms with Crippen molar-refractivity contribution in [3.8, 4) is 11.8 Å². The summed E-state index contributed by atoms with van der Waals surface area (Å²) >= 11 is 0. The lowest BCUT2D eigenvalue weighted by Gasteiger charge is -2.20. The molecule has 0 aliphatic rings. The molecule has 1 atom stereocenters. The highest BCUT2D eigenvalue weighted by Gasteiger charge is 2.19. The number of rotatable bonds is 2. The first-order chi connectivity index (χ1) is 6.76. The van der Waals surface area contributed by atoms with Gasteiger partial charge in [-0.3, -0.25) is 4.79 Å². The Labute approximate surface area is 90.4 Å². The van der Waals surface area contributed by atoms with Crippen molar-refractivity contribution in [1.29, 1.82) is 0 Å². The molecule has 15 heavy (non-hydrogen) atoms. The van der Waals surface area contributed by atoms with Crippen LogP contribution in [0.3, 0.4) is 0 Å². The maximum atomic E-state index is 11.2. The van der Waals surface area contributed by atoms with Gasteiger partial charge in [-0.05, 0) is 40.5 Å². The molecule has 0 aromatic carbocycles. The lowest BCUT2D eigenvalue weighted by molar-refractivity contribution is -0.115. The van der Waals surface area contributed by atoms with Gasteiger partial charge in [-0.25, -0.2) is 4.79 Å². The molecule has 84 valence electrons. The van der Waals surface area contributed by atoms with Crippen molar-refractivity contribution in [3.05, 3.63) is 0 Å². The van der Waals surface area contributed by atoms with Crippen molar-refractivity contribution >= 4 is 11.9 Å². The van der Waals surface area contributed by atoms with Gasteiger partial charge in [0.15, 0.2) is 0 Å². The SMILES string of the molecule is CC#CC(=O)C(C)NC(=O)OC(C)(C)C. The van der Waals surface area contributed by atoms with Crippen LogP contribution < -0.4 is 5.32 Å². The third-order valence-electron chi connectivity index (χ3n) is 1.37. The highest BCUT2D eigenvalue weighted by atomic mass is 16.6. The van der Waals surface area contributed by atoms with Crippen molar-refractivity contribution in [2.45, 2.75) is 46.3 Å². The molecule has 0 aromatic heterocycles. The molecule has 1 N–H and O–H groups in total. The summed E-state index contributed by atoms with van der Waals surface area (Å²) in [5.41, 5.74) is -0.566. The van der Waals surface area contributed by atoms with Crippen LogP contribution in [0.4, 0.5) is 4.79 Å². The predicted molar refractivity (Wildman–Crippen MR) is 57.3 cm³/mol. The van der Waals surface area contributed by atoms with Gasteiger partial charge >= 0.3 is 6.09 Å². The second-order valence-electron chi connectivity index (χ2n) is 4.11. The average Bonchev–Trinajstić information content (AvgIpc) is 2.00. The van der Waals surface area contributed by atoms with Gasteiger partial charge in [0.2, 0.25) is 5.78 Å². The van der Waals surface area contributed by atoms with Crippen molar-refractivity contribution in [2.75, 3.05) is 0 Å². The number of nitrogens with one attached hydrogen (secondary N) is 1. The number of ether oxygens (including phenoxy) is 1. The van der Waals surface area contributed by atoms with Crippen molar-refractivity contribution in [3.63, 3.8) is 0 Å². The molecule has 4 nitrogen and oxygen atoms in total. The van der Waals surface area contributed by atoms with Crippen molar-refractivity contribution in [1.82, 2.24) is 5.32 Å². The van der Waals surface area contributed by atoms with Crippen LogP contribution in [-0.2, 0) is 9.53 Å². The summed E-state index contributed by atoms with van der Waals surface area (Å²) in [7, 11) is 0. The van der Waals surface area contributed by atoms with Crippen molar-refractivity contribution < 1.29 is 14.3 Å². The molecule has 1 unspecified atom stereocenters. The molecular formula is C11H17NO3. The summed E-state index contributed by atoms with van der Waals surface area (Å²) < 4.78 is 4.99. The first kappa shape index (κ1) is 13.5. The van der Waals surface area contributed by atoms with Gasteiger partial charge in [-0.1, -0.05) is 5.92 Å². The van der Waals surface area contributed by atoms with Crippen molar-refractivity contribution in [2.24, 2.45) is 0 Å². The van der Waals surface area contributed by atoms with Gasteiger partial charge in [0, 0.05) is 0 Å². The van der Waals surface area contributed by atoms with Crippen LogP contribution in [-0.4, -0.2) is 23.5 Å². The van der Waals surface area contributed by atoms with E-state index in [1.807, 2.05) is 0 Å². The number of Topliss-reactive ketones (excluding diaryl/α,β-unsaturated/α-hetero) is 1. The number of carbonyl (C=O) groups is 2. The van der Waals surface area contributed by atoms with E-state index in [1.165, 1.54) is 0 Å². The summed E-state index contributed by atoms with van der Waals surface area (Å²) in [6.45, 7) is 8.40. The molecule has 4 heteroatoms. The van der Waals surface area contributed by atoms with E-state index >= 15 is 0 Å². The standard InChI is InChI=1S/C11H17NO3/c1-6-7-9(13)8(2)12-10(14)15-11(3,4)5/h8H,1-5H3,(H,12,14). The number of alkyl carbamates (subject to hydrolysis) is 1. The molecule has 0 radical (unpaired) electrons. The molecule has 0 aliphatic carbocycles. The minimum Gasteiger partial charge on any atom is -0.444 e.